The van der Waals surface area contributed by atoms with Gasteiger partial charge in [0.1, 0.15) is 16.9 Å². The van der Waals surface area contributed by atoms with E-state index in [1.165, 1.54) is 4.88 Å². The minimum atomic E-state index is -0.605. The second-order valence-corrected chi connectivity index (χ2v) is 8.99. The smallest absolute Gasteiger partial charge is 0.236 e. The van der Waals surface area contributed by atoms with Gasteiger partial charge in [0.2, 0.25) is 11.8 Å². The van der Waals surface area contributed by atoms with E-state index < -0.39 is 11.9 Å². The van der Waals surface area contributed by atoms with Crippen LogP contribution in [0.4, 0.5) is 0 Å². The number of carbonyl (C=O) groups is 2. The molecule has 2 amide bonds. The standard InChI is InChI=1S/C21H21ClN6O2S/c1-10-11(2)31-21-18(10)19(13-4-6-14(22)7-5-13)25-15(8-17(30)24-9-16(23)29)20-27-26-12(3)28(20)21/h4-7,15H,8-9H2,1-3H3,(H2,23,29)(H,24,30)/t15-/m0/s1. The van der Waals surface area contributed by atoms with E-state index >= 15 is 0 Å². The van der Waals surface area contributed by atoms with Crippen LogP contribution in [-0.2, 0) is 9.59 Å². The average Bonchev–Trinajstić information content (AvgIpc) is 3.19. The first-order valence-electron chi connectivity index (χ1n) is 9.67. The molecule has 0 unspecified atom stereocenters. The van der Waals surface area contributed by atoms with E-state index in [1.807, 2.05) is 35.8 Å². The Morgan fingerprint density at radius 1 is 1.19 bits per heavy atom. The Labute approximate surface area is 188 Å². The zero-order valence-electron chi connectivity index (χ0n) is 17.3. The highest BCUT2D eigenvalue weighted by Gasteiger charge is 2.32. The number of halogens is 1. The second kappa shape index (κ2) is 8.24. The highest BCUT2D eigenvalue weighted by molar-refractivity contribution is 7.15. The summed E-state index contributed by atoms with van der Waals surface area (Å²) in [5.41, 5.74) is 8.92. The number of nitrogens with one attached hydrogen (secondary N) is 1. The van der Waals surface area contributed by atoms with E-state index in [9.17, 15) is 9.59 Å². The molecule has 2 aromatic heterocycles. The number of hydrogen-bond donors (Lipinski definition) is 2. The molecule has 3 heterocycles. The van der Waals surface area contributed by atoms with Gasteiger partial charge in [0.05, 0.1) is 18.7 Å². The molecule has 0 saturated heterocycles. The number of thiophene rings is 1. The predicted octanol–water partition coefficient (Wildman–Crippen LogP) is 2.79. The van der Waals surface area contributed by atoms with Crippen molar-refractivity contribution in [3.63, 3.8) is 0 Å². The van der Waals surface area contributed by atoms with Crippen LogP contribution in [0.2, 0.25) is 5.02 Å². The van der Waals surface area contributed by atoms with E-state index in [0.717, 1.165) is 27.4 Å². The molecule has 1 aromatic carbocycles. The lowest BCUT2D eigenvalue weighted by atomic mass is 9.99. The summed E-state index contributed by atoms with van der Waals surface area (Å²) in [6.07, 6.45) is 0.00940. The monoisotopic (exact) mass is 456 g/mol. The molecule has 1 aliphatic heterocycles. The summed E-state index contributed by atoms with van der Waals surface area (Å²) in [5, 5.41) is 12.7. The van der Waals surface area contributed by atoms with Gasteiger partial charge in [-0.3, -0.25) is 19.1 Å². The molecular formula is C21H21ClN6O2S. The maximum absolute atomic E-state index is 12.5. The summed E-state index contributed by atoms with van der Waals surface area (Å²) in [4.78, 5) is 29.7. The molecular weight excluding hydrogens is 436 g/mol. The molecule has 3 aromatic rings. The predicted molar refractivity (Wildman–Crippen MR) is 120 cm³/mol. The van der Waals surface area contributed by atoms with Crippen molar-refractivity contribution in [1.82, 2.24) is 20.1 Å². The van der Waals surface area contributed by atoms with Crippen molar-refractivity contribution in [2.75, 3.05) is 6.54 Å². The van der Waals surface area contributed by atoms with Crippen LogP contribution in [0, 0.1) is 20.8 Å². The first kappa shape index (κ1) is 21.2. The maximum Gasteiger partial charge on any atom is 0.236 e. The van der Waals surface area contributed by atoms with Crippen molar-refractivity contribution in [1.29, 1.82) is 0 Å². The molecule has 0 radical (unpaired) electrons. The molecule has 3 N–H and O–H groups in total. The topological polar surface area (TPSA) is 115 Å². The number of aryl methyl sites for hydroxylation is 2. The van der Waals surface area contributed by atoms with Gasteiger partial charge in [0.15, 0.2) is 5.82 Å². The van der Waals surface area contributed by atoms with Crippen LogP contribution in [0.25, 0.3) is 5.00 Å². The number of aliphatic imine (C=N–C) groups is 1. The lowest BCUT2D eigenvalue weighted by molar-refractivity contribution is -0.125. The van der Waals surface area contributed by atoms with Gasteiger partial charge in [-0.1, -0.05) is 23.7 Å². The van der Waals surface area contributed by atoms with Crippen molar-refractivity contribution in [3.05, 3.63) is 62.5 Å². The SMILES string of the molecule is Cc1sc2c(c1C)C(c1ccc(Cl)cc1)=N[C@@H](CC(=O)NCC(N)=O)c1nnc(C)n1-2. The largest absolute Gasteiger partial charge is 0.368 e. The molecule has 0 aliphatic carbocycles. The minimum Gasteiger partial charge on any atom is -0.368 e. The third-order valence-electron chi connectivity index (χ3n) is 5.20. The van der Waals surface area contributed by atoms with Gasteiger partial charge in [-0.25, -0.2) is 0 Å². The van der Waals surface area contributed by atoms with Crippen LogP contribution < -0.4 is 11.1 Å². The summed E-state index contributed by atoms with van der Waals surface area (Å²) in [6, 6.07) is 6.89. The van der Waals surface area contributed by atoms with Crippen LogP contribution in [0.3, 0.4) is 0 Å². The van der Waals surface area contributed by atoms with Gasteiger partial charge in [0.25, 0.3) is 0 Å². The Balaban J connectivity index is 1.88. The quantitative estimate of drug-likeness (QED) is 0.614. The number of rotatable bonds is 5. The normalized spacial score (nSPS) is 15.0. The van der Waals surface area contributed by atoms with Gasteiger partial charge in [-0.2, -0.15) is 0 Å². The molecule has 8 nitrogen and oxygen atoms in total. The third kappa shape index (κ3) is 3.98. The van der Waals surface area contributed by atoms with Crippen LogP contribution >= 0.6 is 22.9 Å². The number of nitrogens with two attached hydrogens (primary N) is 1. The Hall–Kier alpha value is -3.04. The molecule has 31 heavy (non-hydrogen) atoms. The van der Waals surface area contributed by atoms with Crippen LogP contribution in [-0.4, -0.2) is 38.8 Å². The van der Waals surface area contributed by atoms with Crippen LogP contribution in [0.5, 0.6) is 0 Å². The zero-order chi connectivity index (χ0) is 22.3. The Kier molecular flexibility index (Phi) is 5.63. The molecule has 1 atom stereocenters. The van der Waals surface area contributed by atoms with Crippen molar-refractivity contribution >= 4 is 40.5 Å². The summed E-state index contributed by atoms with van der Waals surface area (Å²) in [6.45, 7) is 5.79. The summed E-state index contributed by atoms with van der Waals surface area (Å²) in [7, 11) is 0. The lowest BCUT2D eigenvalue weighted by Crippen LogP contribution is -2.34. The zero-order valence-corrected chi connectivity index (χ0v) is 18.8. The van der Waals surface area contributed by atoms with Gasteiger partial charge in [0, 0.05) is 21.0 Å². The number of fused-ring (bicyclic) bond motifs is 3. The molecule has 0 spiro atoms. The van der Waals surface area contributed by atoms with E-state index in [0.29, 0.717) is 16.7 Å². The Morgan fingerprint density at radius 3 is 2.58 bits per heavy atom. The van der Waals surface area contributed by atoms with E-state index in [-0.39, 0.29) is 18.9 Å². The Bertz CT molecular complexity index is 1210. The van der Waals surface area contributed by atoms with Crippen molar-refractivity contribution in [3.8, 4) is 5.00 Å². The molecule has 1 aliphatic rings. The van der Waals surface area contributed by atoms with Crippen molar-refractivity contribution in [2.24, 2.45) is 10.7 Å². The van der Waals surface area contributed by atoms with Gasteiger partial charge < -0.3 is 11.1 Å². The molecule has 4 rings (SSSR count). The molecule has 10 heteroatoms. The number of aromatic nitrogens is 3. The number of hydrogen-bond acceptors (Lipinski definition) is 6. The first-order valence-corrected chi connectivity index (χ1v) is 10.9. The van der Waals surface area contributed by atoms with Crippen molar-refractivity contribution in [2.45, 2.75) is 33.2 Å². The highest BCUT2D eigenvalue weighted by Crippen LogP contribution is 2.39. The van der Waals surface area contributed by atoms with Gasteiger partial charge >= 0.3 is 0 Å². The highest BCUT2D eigenvalue weighted by atomic mass is 35.5. The number of amides is 2. The van der Waals surface area contributed by atoms with Crippen LogP contribution in [0.15, 0.2) is 29.3 Å². The fourth-order valence-corrected chi connectivity index (χ4v) is 4.91. The van der Waals surface area contributed by atoms with Crippen LogP contribution in [0.1, 0.15) is 45.7 Å². The maximum atomic E-state index is 12.5. The summed E-state index contributed by atoms with van der Waals surface area (Å²) in [5.74, 6) is 0.353. The molecule has 0 bridgehead atoms. The number of nitrogens with zero attached hydrogens (tertiary/aromatic N) is 4. The summed E-state index contributed by atoms with van der Waals surface area (Å²) < 4.78 is 1.97. The second-order valence-electron chi connectivity index (χ2n) is 7.35. The fraction of sp³-hybridized carbons (Fsp3) is 0.286. The van der Waals surface area contributed by atoms with E-state index in [1.54, 1.807) is 11.3 Å². The molecule has 0 fully saturated rings. The fourth-order valence-electron chi connectivity index (χ4n) is 3.57. The number of carbonyl (C=O) groups excluding carboxylic acids is 2. The number of benzene rings is 1. The lowest BCUT2D eigenvalue weighted by Gasteiger charge is -2.12. The third-order valence-corrected chi connectivity index (χ3v) is 6.64. The van der Waals surface area contributed by atoms with E-state index in [4.69, 9.17) is 22.3 Å². The molecule has 160 valence electrons. The van der Waals surface area contributed by atoms with E-state index in [2.05, 4.69) is 29.4 Å². The number of primary amides is 1. The van der Waals surface area contributed by atoms with Gasteiger partial charge in [-0.05, 0) is 38.5 Å². The average molecular weight is 457 g/mol. The van der Waals surface area contributed by atoms with Crippen molar-refractivity contribution < 1.29 is 9.59 Å². The Morgan fingerprint density at radius 2 is 1.90 bits per heavy atom. The van der Waals surface area contributed by atoms with Gasteiger partial charge in [-0.15, -0.1) is 21.5 Å². The molecule has 0 saturated carbocycles. The summed E-state index contributed by atoms with van der Waals surface area (Å²) >= 11 is 7.74. The minimum absolute atomic E-state index is 0.00940. The first-order chi connectivity index (χ1) is 14.8.